The average molecular weight is 343 g/mol. The van der Waals surface area contributed by atoms with Crippen molar-refractivity contribution >= 4 is 11.7 Å². The van der Waals surface area contributed by atoms with Crippen molar-refractivity contribution in [1.29, 1.82) is 0 Å². The van der Waals surface area contributed by atoms with Gasteiger partial charge in [-0.2, -0.15) is 0 Å². The van der Waals surface area contributed by atoms with Crippen LogP contribution in [-0.2, 0) is 16.1 Å². The summed E-state index contributed by atoms with van der Waals surface area (Å²) in [6, 6.07) is 13.5. The summed E-state index contributed by atoms with van der Waals surface area (Å²) in [6.45, 7) is 0.175. The largest absolute Gasteiger partial charge is 0.490 e. The van der Waals surface area contributed by atoms with Crippen molar-refractivity contribution in [2.24, 2.45) is 0 Å². The summed E-state index contributed by atoms with van der Waals surface area (Å²) in [5.74, 6) is -0.0266. The fraction of sp³-hybridized carbons (Fsp3) is 0.278. The third kappa shape index (κ3) is 3.71. The predicted octanol–water partition coefficient (Wildman–Crippen LogP) is 3.26. The Morgan fingerprint density at radius 2 is 1.92 bits per heavy atom. The van der Waals surface area contributed by atoms with Crippen molar-refractivity contribution in [2.45, 2.75) is 25.0 Å². The van der Waals surface area contributed by atoms with E-state index in [1.165, 1.54) is 25.3 Å². The zero-order chi connectivity index (χ0) is 17.9. The Labute approximate surface area is 144 Å². The van der Waals surface area contributed by atoms with Crippen LogP contribution in [0.15, 0.2) is 48.5 Å². The van der Waals surface area contributed by atoms with Crippen LogP contribution in [0.1, 0.15) is 18.4 Å². The summed E-state index contributed by atoms with van der Waals surface area (Å²) in [4.78, 5) is 22.7. The summed E-state index contributed by atoms with van der Waals surface area (Å²) >= 11 is 0. The van der Waals surface area contributed by atoms with E-state index < -0.39 is 16.5 Å². The first-order valence-electron chi connectivity index (χ1n) is 7.77. The van der Waals surface area contributed by atoms with E-state index in [0.717, 1.165) is 5.56 Å². The molecule has 0 radical (unpaired) electrons. The molecule has 0 bridgehead atoms. The smallest absolute Gasteiger partial charge is 0.350 e. The predicted molar refractivity (Wildman–Crippen MR) is 88.5 cm³/mol. The van der Waals surface area contributed by atoms with E-state index in [0.29, 0.717) is 18.6 Å². The first-order chi connectivity index (χ1) is 12.0. The van der Waals surface area contributed by atoms with E-state index in [1.807, 2.05) is 30.3 Å². The van der Waals surface area contributed by atoms with Crippen LogP contribution in [0, 0.1) is 10.1 Å². The number of carbonyl (C=O) groups excluding carboxylic acids is 1. The van der Waals surface area contributed by atoms with E-state index in [9.17, 15) is 14.9 Å². The number of benzene rings is 2. The summed E-state index contributed by atoms with van der Waals surface area (Å²) in [6.07, 6.45) is 1.08. The molecular weight excluding hydrogens is 326 g/mol. The van der Waals surface area contributed by atoms with E-state index in [1.54, 1.807) is 0 Å². The Hall–Kier alpha value is -3.09. The van der Waals surface area contributed by atoms with Crippen LogP contribution in [0.25, 0.3) is 0 Å². The monoisotopic (exact) mass is 343 g/mol. The van der Waals surface area contributed by atoms with E-state index in [2.05, 4.69) is 0 Å². The highest BCUT2D eigenvalue weighted by Crippen LogP contribution is 2.43. The molecule has 130 valence electrons. The molecule has 0 aromatic heterocycles. The molecule has 0 heterocycles. The van der Waals surface area contributed by atoms with Crippen LogP contribution in [0.3, 0.4) is 0 Å². The Morgan fingerprint density at radius 3 is 2.52 bits per heavy atom. The highest BCUT2D eigenvalue weighted by atomic mass is 16.6. The number of hydrogen-bond acceptors (Lipinski definition) is 6. The average Bonchev–Trinajstić information content (AvgIpc) is 3.41. The van der Waals surface area contributed by atoms with E-state index >= 15 is 0 Å². The van der Waals surface area contributed by atoms with Gasteiger partial charge in [-0.15, -0.1) is 0 Å². The Morgan fingerprint density at radius 1 is 1.20 bits per heavy atom. The Kier molecular flexibility index (Phi) is 4.56. The zero-order valence-corrected chi connectivity index (χ0v) is 13.6. The van der Waals surface area contributed by atoms with Gasteiger partial charge in [0.25, 0.3) is 0 Å². The van der Waals surface area contributed by atoms with E-state index in [4.69, 9.17) is 14.2 Å². The molecule has 2 aromatic carbocycles. The first-order valence-corrected chi connectivity index (χ1v) is 7.77. The molecular formula is C18H17NO6. The van der Waals surface area contributed by atoms with Crippen molar-refractivity contribution in [3.63, 3.8) is 0 Å². The van der Waals surface area contributed by atoms with Gasteiger partial charge >= 0.3 is 11.7 Å². The molecule has 0 unspecified atom stereocenters. The molecule has 3 rings (SSSR count). The quantitative estimate of drug-likeness (QED) is 0.436. The lowest BCUT2D eigenvalue weighted by atomic mass is 10.2. The van der Waals surface area contributed by atoms with Crippen LogP contribution in [0.2, 0.25) is 0 Å². The normalized spacial score (nSPS) is 14.4. The van der Waals surface area contributed by atoms with Gasteiger partial charge in [-0.05, 0) is 11.6 Å². The van der Waals surface area contributed by atoms with Crippen molar-refractivity contribution in [3.8, 4) is 11.5 Å². The number of esters is 1. The molecule has 0 amide bonds. The summed E-state index contributed by atoms with van der Waals surface area (Å²) in [7, 11) is 1.34. The molecule has 1 aliphatic carbocycles. The topological polar surface area (TPSA) is 87.9 Å². The van der Waals surface area contributed by atoms with Crippen LogP contribution in [-0.4, -0.2) is 23.6 Å². The fourth-order valence-electron chi connectivity index (χ4n) is 2.41. The molecule has 7 heteroatoms. The van der Waals surface area contributed by atoms with Gasteiger partial charge in [0.2, 0.25) is 11.4 Å². The maximum Gasteiger partial charge on any atom is 0.350 e. The zero-order valence-electron chi connectivity index (χ0n) is 13.6. The standard InChI is InChI=1S/C18H17NO6/c1-23-16-11-14(7-8-15(16)19(21)22)25-18(9-10-18)17(20)24-12-13-5-3-2-4-6-13/h2-8,11H,9-10,12H2,1H3. The van der Waals surface area contributed by atoms with E-state index in [-0.39, 0.29) is 18.0 Å². The molecule has 2 aromatic rings. The lowest BCUT2D eigenvalue weighted by Crippen LogP contribution is -2.31. The molecule has 0 atom stereocenters. The minimum Gasteiger partial charge on any atom is -0.490 e. The van der Waals surface area contributed by atoms with Crippen molar-refractivity contribution in [3.05, 3.63) is 64.2 Å². The molecule has 1 saturated carbocycles. The maximum atomic E-state index is 12.3. The second-order valence-electron chi connectivity index (χ2n) is 5.75. The van der Waals surface area contributed by atoms with Gasteiger partial charge in [0.1, 0.15) is 12.4 Å². The minimum absolute atomic E-state index is 0.0796. The summed E-state index contributed by atoms with van der Waals surface area (Å²) < 4.78 is 16.1. The molecule has 1 aliphatic rings. The molecule has 0 spiro atoms. The van der Waals surface area contributed by atoms with Gasteiger partial charge in [-0.1, -0.05) is 30.3 Å². The maximum absolute atomic E-state index is 12.3. The number of rotatable bonds is 7. The highest BCUT2D eigenvalue weighted by Gasteiger charge is 2.54. The van der Waals surface area contributed by atoms with Crippen LogP contribution >= 0.6 is 0 Å². The number of nitrogens with zero attached hydrogens (tertiary/aromatic N) is 1. The molecule has 25 heavy (non-hydrogen) atoms. The summed E-state index contributed by atoms with van der Waals surface area (Å²) in [5.41, 5.74) is -0.286. The molecule has 0 saturated heterocycles. The van der Waals surface area contributed by atoms with Gasteiger partial charge < -0.3 is 14.2 Å². The van der Waals surface area contributed by atoms with Gasteiger partial charge in [0.05, 0.1) is 12.0 Å². The van der Waals surface area contributed by atoms with Crippen LogP contribution in [0.4, 0.5) is 5.69 Å². The Bertz CT molecular complexity index is 785. The number of nitro benzene ring substituents is 1. The second kappa shape index (κ2) is 6.80. The fourth-order valence-corrected chi connectivity index (χ4v) is 2.41. The van der Waals surface area contributed by atoms with Gasteiger partial charge in [-0.25, -0.2) is 4.79 Å². The minimum atomic E-state index is -1.02. The molecule has 7 nitrogen and oxygen atoms in total. The van der Waals surface area contributed by atoms with Gasteiger partial charge in [-0.3, -0.25) is 10.1 Å². The third-order valence-corrected chi connectivity index (χ3v) is 3.95. The SMILES string of the molecule is COc1cc(OC2(C(=O)OCc3ccccc3)CC2)ccc1[N+](=O)[O-]. The number of methoxy groups -OCH3 is 1. The number of hydrogen-bond donors (Lipinski definition) is 0. The van der Waals surface area contributed by atoms with Crippen molar-refractivity contribution in [1.82, 2.24) is 0 Å². The molecule has 0 aliphatic heterocycles. The number of nitro groups is 1. The number of ether oxygens (including phenoxy) is 3. The van der Waals surface area contributed by atoms with Crippen LogP contribution < -0.4 is 9.47 Å². The second-order valence-corrected chi connectivity index (χ2v) is 5.75. The molecule has 0 N–H and O–H groups in total. The van der Waals surface area contributed by atoms with Crippen molar-refractivity contribution < 1.29 is 23.9 Å². The Balaban J connectivity index is 1.67. The first kappa shape index (κ1) is 16.8. The third-order valence-electron chi connectivity index (χ3n) is 3.95. The van der Waals surface area contributed by atoms with Crippen LogP contribution in [0.5, 0.6) is 11.5 Å². The van der Waals surface area contributed by atoms with Crippen molar-refractivity contribution in [2.75, 3.05) is 7.11 Å². The number of carbonyl (C=O) groups is 1. The summed E-state index contributed by atoms with van der Waals surface area (Å²) in [5, 5.41) is 10.9. The molecule has 1 fully saturated rings. The lowest BCUT2D eigenvalue weighted by Gasteiger charge is -2.17. The van der Waals surface area contributed by atoms with Gasteiger partial charge in [0.15, 0.2) is 0 Å². The van der Waals surface area contributed by atoms with Gasteiger partial charge in [0, 0.05) is 25.0 Å². The highest BCUT2D eigenvalue weighted by molar-refractivity contribution is 5.83. The lowest BCUT2D eigenvalue weighted by molar-refractivity contribution is -0.385.